The molecule has 1 aromatic rings. The van der Waals surface area contributed by atoms with Gasteiger partial charge in [-0.2, -0.15) is 5.10 Å². The maximum absolute atomic E-state index is 11.9. The van der Waals surface area contributed by atoms with Crippen molar-refractivity contribution in [3.63, 3.8) is 0 Å². The summed E-state index contributed by atoms with van der Waals surface area (Å²) in [5, 5.41) is 16.0. The van der Waals surface area contributed by atoms with E-state index >= 15 is 0 Å². The molecule has 3 fully saturated rings. The SMILES string of the molecule is O=C(O)N([C@@H]1CCN(c2cn[nH]c(=O)c2Cl)C1)C1(C2CC2)CC1. The second kappa shape index (κ2) is 5.12. The topological polar surface area (TPSA) is 89.5 Å². The van der Waals surface area contributed by atoms with Gasteiger partial charge in [-0.25, -0.2) is 9.89 Å². The number of hydrogen-bond donors (Lipinski definition) is 2. The van der Waals surface area contributed by atoms with E-state index in [0.717, 1.165) is 32.1 Å². The number of hydrogen-bond acceptors (Lipinski definition) is 4. The molecular formula is C15H19ClN4O3. The van der Waals surface area contributed by atoms with Crippen molar-refractivity contribution >= 4 is 23.4 Å². The molecule has 7 nitrogen and oxygen atoms in total. The molecule has 0 radical (unpaired) electrons. The third-order valence-electron chi connectivity index (χ3n) is 5.43. The molecule has 1 atom stereocenters. The first-order valence-electron chi connectivity index (χ1n) is 8.03. The fourth-order valence-electron chi connectivity index (χ4n) is 4.07. The van der Waals surface area contributed by atoms with Gasteiger partial charge in [0.15, 0.2) is 0 Å². The summed E-state index contributed by atoms with van der Waals surface area (Å²) < 4.78 is 0. The Bertz CT molecular complexity index is 698. The average molecular weight is 339 g/mol. The monoisotopic (exact) mass is 338 g/mol. The molecule has 2 heterocycles. The van der Waals surface area contributed by atoms with E-state index in [2.05, 4.69) is 10.2 Å². The molecule has 124 valence electrons. The lowest BCUT2D eigenvalue weighted by Gasteiger charge is -2.35. The quantitative estimate of drug-likeness (QED) is 0.875. The molecular weight excluding hydrogens is 320 g/mol. The second-order valence-corrected chi connectivity index (χ2v) is 7.20. The van der Waals surface area contributed by atoms with Crippen LogP contribution in [0.2, 0.25) is 5.02 Å². The molecule has 0 bridgehead atoms. The Labute approximate surface area is 138 Å². The molecule has 0 unspecified atom stereocenters. The zero-order valence-corrected chi connectivity index (χ0v) is 13.4. The lowest BCUT2D eigenvalue weighted by molar-refractivity contribution is 0.0858. The number of H-pyrrole nitrogens is 1. The van der Waals surface area contributed by atoms with Crippen molar-refractivity contribution in [1.29, 1.82) is 0 Å². The van der Waals surface area contributed by atoms with Crippen LogP contribution in [0.4, 0.5) is 10.5 Å². The summed E-state index contributed by atoms with van der Waals surface area (Å²) in [7, 11) is 0. The van der Waals surface area contributed by atoms with Gasteiger partial charge in [0.1, 0.15) is 5.02 Å². The van der Waals surface area contributed by atoms with Gasteiger partial charge in [-0.3, -0.25) is 9.69 Å². The summed E-state index contributed by atoms with van der Waals surface area (Å²) in [6, 6.07) is -0.0500. The molecule has 1 amide bonds. The van der Waals surface area contributed by atoms with E-state index in [4.69, 9.17) is 11.6 Å². The van der Waals surface area contributed by atoms with Gasteiger partial charge in [-0.1, -0.05) is 11.6 Å². The molecule has 0 spiro atoms. The van der Waals surface area contributed by atoms with E-state index < -0.39 is 11.7 Å². The lowest BCUT2D eigenvalue weighted by Crippen LogP contribution is -2.50. The van der Waals surface area contributed by atoms with Crippen molar-refractivity contribution in [3.8, 4) is 0 Å². The molecule has 0 aromatic carbocycles. The number of halogens is 1. The number of carbonyl (C=O) groups is 1. The Morgan fingerprint density at radius 3 is 2.78 bits per heavy atom. The first kappa shape index (κ1) is 14.8. The van der Waals surface area contributed by atoms with Crippen molar-refractivity contribution in [3.05, 3.63) is 21.6 Å². The van der Waals surface area contributed by atoms with Crippen molar-refractivity contribution in [2.75, 3.05) is 18.0 Å². The minimum atomic E-state index is -0.823. The minimum Gasteiger partial charge on any atom is -0.465 e. The van der Waals surface area contributed by atoms with Gasteiger partial charge < -0.3 is 10.0 Å². The zero-order valence-electron chi connectivity index (χ0n) is 12.7. The van der Waals surface area contributed by atoms with Gasteiger partial charge in [0, 0.05) is 18.6 Å². The van der Waals surface area contributed by atoms with Crippen molar-refractivity contribution in [2.45, 2.75) is 43.7 Å². The van der Waals surface area contributed by atoms with E-state index in [9.17, 15) is 14.7 Å². The summed E-state index contributed by atoms with van der Waals surface area (Å²) in [6.45, 7) is 1.24. The van der Waals surface area contributed by atoms with Gasteiger partial charge in [-0.15, -0.1) is 0 Å². The second-order valence-electron chi connectivity index (χ2n) is 6.82. The molecule has 3 aliphatic rings. The molecule has 2 N–H and O–H groups in total. The standard InChI is InChI=1S/C15H19ClN4O3/c16-12-11(7-17-18-13(12)21)19-6-3-10(8-19)20(14(22)23)15(4-5-15)9-1-2-9/h7,9-10H,1-6,8H2,(H,18,21)(H,22,23)/t10-/m1/s1. The van der Waals surface area contributed by atoms with Crippen molar-refractivity contribution in [2.24, 2.45) is 5.92 Å². The largest absolute Gasteiger partial charge is 0.465 e. The molecule has 4 rings (SSSR count). The first-order valence-corrected chi connectivity index (χ1v) is 8.41. The number of anilines is 1. The maximum atomic E-state index is 11.9. The molecule has 1 aromatic heterocycles. The van der Waals surface area contributed by atoms with Crippen LogP contribution < -0.4 is 10.5 Å². The van der Waals surface area contributed by atoms with Gasteiger partial charge in [0.2, 0.25) is 0 Å². The number of amides is 1. The van der Waals surface area contributed by atoms with Crippen LogP contribution in [-0.4, -0.2) is 51.0 Å². The van der Waals surface area contributed by atoms with Gasteiger partial charge in [0.05, 0.1) is 17.9 Å². The van der Waals surface area contributed by atoms with Crippen LogP contribution in [0.15, 0.2) is 11.0 Å². The highest BCUT2D eigenvalue weighted by atomic mass is 35.5. The number of nitrogens with zero attached hydrogens (tertiary/aromatic N) is 3. The van der Waals surface area contributed by atoms with Crippen LogP contribution in [-0.2, 0) is 0 Å². The van der Waals surface area contributed by atoms with Crippen LogP contribution in [0.5, 0.6) is 0 Å². The van der Waals surface area contributed by atoms with Gasteiger partial charge >= 0.3 is 6.09 Å². The van der Waals surface area contributed by atoms with Crippen molar-refractivity contribution < 1.29 is 9.90 Å². The summed E-state index contributed by atoms with van der Waals surface area (Å²) in [6.07, 6.45) is 5.71. The summed E-state index contributed by atoms with van der Waals surface area (Å²) in [4.78, 5) is 27.2. The number of rotatable bonds is 4. The first-order chi connectivity index (χ1) is 11.0. The molecule has 2 aliphatic carbocycles. The van der Waals surface area contributed by atoms with Crippen LogP contribution in [0, 0.1) is 5.92 Å². The third-order valence-corrected chi connectivity index (χ3v) is 5.80. The van der Waals surface area contributed by atoms with Crippen LogP contribution in [0.1, 0.15) is 32.1 Å². The summed E-state index contributed by atoms with van der Waals surface area (Å²) >= 11 is 6.07. The normalized spacial score (nSPS) is 25.4. The smallest absolute Gasteiger partial charge is 0.408 e. The van der Waals surface area contributed by atoms with E-state index in [0.29, 0.717) is 24.7 Å². The molecule has 1 saturated heterocycles. The Morgan fingerprint density at radius 1 is 1.43 bits per heavy atom. The predicted octanol–water partition coefficient (Wildman–Crippen LogP) is 1.92. The third kappa shape index (κ3) is 2.38. The number of nitrogens with one attached hydrogen (secondary N) is 1. The van der Waals surface area contributed by atoms with Crippen molar-refractivity contribution in [1.82, 2.24) is 15.1 Å². The fraction of sp³-hybridized carbons (Fsp3) is 0.667. The van der Waals surface area contributed by atoms with Gasteiger partial charge in [0.25, 0.3) is 5.56 Å². The molecule has 2 saturated carbocycles. The number of carboxylic acid groups (broad SMARTS) is 1. The Balaban J connectivity index is 1.56. The highest BCUT2D eigenvalue weighted by molar-refractivity contribution is 6.33. The van der Waals surface area contributed by atoms with Gasteiger partial charge in [-0.05, 0) is 38.0 Å². The molecule has 8 heteroatoms. The Kier molecular flexibility index (Phi) is 3.30. The molecule has 23 heavy (non-hydrogen) atoms. The highest BCUT2D eigenvalue weighted by Gasteiger charge is 2.61. The van der Waals surface area contributed by atoms with E-state index in [-0.39, 0.29) is 16.6 Å². The van der Waals surface area contributed by atoms with Crippen LogP contribution in [0.3, 0.4) is 0 Å². The summed E-state index contributed by atoms with van der Waals surface area (Å²) in [5.41, 5.74) is 0.0433. The lowest BCUT2D eigenvalue weighted by atomic mass is 10.1. The average Bonchev–Trinajstić information content (AvgIpc) is 3.40. The number of aromatic amines is 1. The highest BCUT2D eigenvalue weighted by Crippen LogP contribution is 2.58. The van der Waals surface area contributed by atoms with Crippen LogP contribution >= 0.6 is 11.6 Å². The van der Waals surface area contributed by atoms with Crippen LogP contribution in [0.25, 0.3) is 0 Å². The Hall–Kier alpha value is -1.76. The summed E-state index contributed by atoms with van der Waals surface area (Å²) in [5.74, 6) is 0.539. The van der Waals surface area contributed by atoms with E-state index in [1.807, 2.05) is 4.90 Å². The van der Waals surface area contributed by atoms with E-state index in [1.54, 1.807) is 4.90 Å². The minimum absolute atomic E-state index is 0.0500. The van der Waals surface area contributed by atoms with E-state index in [1.165, 1.54) is 6.20 Å². The maximum Gasteiger partial charge on any atom is 0.408 e. The number of aromatic nitrogens is 2. The predicted molar refractivity (Wildman–Crippen MR) is 85.0 cm³/mol. The Morgan fingerprint density at radius 2 is 2.17 bits per heavy atom. The fourth-order valence-corrected chi connectivity index (χ4v) is 4.28. The zero-order chi connectivity index (χ0) is 16.2. The molecule has 1 aliphatic heterocycles.